The minimum Gasteiger partial charge on any atom is -0.308 e. The summed E-state index contributed by atoms with van der Waals surface area (Å²) in [4.78, 5) is -0.0665. The number of hydrogen-bond acceptors (Lipinski definition) is 5. The summed E-state index contributed by atoms with van der Waals surface area (Å²) in [5.74, 6) is -1.21. The van der Waals surface area contributed by atoms with Gasteiger partial charge in [-0.15, -0.1) is 0 Å². The highest BCUT2D eigenvalue weighted by Gasteiger charge is 2.45. The Hall–Kier alpha value is -1.77. The van der Waals surface area contributed by atoms with E-state index in [1.165, 1.54) is 12.1 Å². The van der Waals surface area contributed by atoms with E-state index in [9.17, 15) is 21.2 Å². The maximum atomic E-state index is 13.1. The number of rotatable bonds is 5. The van der Waals surface area contributed by atoms with Crippen LogP contribution < -0.4 is 5.32 Å². The molecule has 2 aromatic rings. The fourth-order valence-electron chi connectivity index (χ4n) is 3.07. The van der Waals surface area contributed by atoms with Crippen LogP contribution in [0.2, 0.25) is 0 Å². The van der Waals surface area contributed by atoms with Crippen molar-refractivity contribution in [3.8, 4) is 0 Å². The summed E-state index contributed by atoms with van der Waals surface area (Å²) in [6.45, 7) is 2.34. The van der Waals surface area contributed by atoms with Gasteiger partial charge in [0.1, 0.15) is 5.82 Å². The standard InChI is InChI=1S/C18H20FNO4S2/c1-13-2-4-14(5-3-13)10-20-17-11-25(21,22)12-18(17)26(23,24)16-8-6-15(19)7-9-16/h2-9,17-18,20H,10-12H2,1H3/t17-,18-/m1/s1. The average Bonchev–Trinajstić information content (AvgIpc) is 2.90. The summed E-state index contributed by atoms with van der Waals surface area (Å²) < 4.78 is 63.0. The molecule has 26 heavy (non-hydrogen) atoms. The van der Waals surface area contributed by atoms with E-state index in [1.807, 2.05) is 31.2 Å². The SMILES string of the molecule is Cc1ccc(CN[C@@H]2CS(=O)(=O)C[C@H]2S(=O)(=O)c2ccc(F)cc2)cc1. The lowest BCUT2D eigenvalue weighted by Gasteiger charge is -2.20. The van der Waals surface area contributed by atoms with Gasteiger partial charge in [0.2, 0.25) is 0 Å². The number of nitrogens with one attached hydrogen (secondary N) is 1. The predicted molar refractivity (Wildman–Crippen MR) is 97.8 cm³/mol. The molecule has 0 radical (unpaired) electrons. The first kappa shape index (κ1) is 19.0. The molecule has 0 saturated carbocycles. The second-order valence-electron chi connectivity index (χ2n) is 6.59. The molecule has 0 aliphatic carbocycles. The van der Waals surface area contributed by atoms with Crippen molar-refractivity contribution in [2.45, 2.75) is 29.7 Å². The van der Waals surface area contributed by atoms with Crippen molar-refractivity contribution in [1.29, 1.82) is 0 Å². The summed E-state index contributed by atoms with van der Waals surface area (Å²) in [6, 6.07) is 11.5. The lowest BCUT2D eigenvalue weighted by molar-refractivity contribution is 0.526. The summed E-state index contributed by atoms with van der Waals surface area (Å²) in [5, 5.41) is 1.98. The van der Waals surface area contributed by atoms with Crippen LogP contribution in [0.5, 0.6) is 0 Å². The van der Waals surface area contributed by atoms with Crippen LogP contribution in [-0.4, -0.2) is 39.6 Å². The van der Waals surface area contributed by atoms with Crippen molar-refractivity contribution < 1.29 is 21.2 Å². The normalized spacial score (nSPS) is 22.4. The van der Waals surface area contributed by atoms with Crippen LogP contribution in [0.3, 0.4) is 0 Å². The molecule has 140 valence electrons. The molecule has 0 bridgehead atoms. The molecule has 2 aromatic carbocycles. The molecule has 8 heteroatoms. The first-order valence-electron chi connectivity index (χ1n) is 8.16. The van der Waals surface area contributed by atoms with Crippen molar-refractivity contribution >= 4 is 19.7 Å². The molecule has 0 aromatic heterocycles. The van der Waals surface area contributed by atoms with E-state index >= 15 is 0 Å². The summed E-state index contributed by atoms with van der Waals surface area (Å²) in [7, 11) is -7.37. The predicted octanol–water partition coefficient (Wildman–Crippen LogP) is 1.86. The van der Waals surface area contributed by atoms with Crippen molar-refractivity contribution in [1.82, 2.24) is 5.32 Å². The van der Waals surface area contributed by atoms with Gasteiger partial charge in [-0.1, -0.05) is 29.8 Å². The van der Waals surface area contributed by atoms with E-state index < -0.39 is 42.5 Å². The first-order valence-corrected chi connectivity index (χ1v) is 11.5. The van der Waals surface area contributed by atoms with Crippen molar-refractivity contribution in [3.63, 3.8) is 0 Å². The smallest absolute Gasteiger partial charge is 0.183 e. The Kier molecular flexibility index (Phi) is 5.18. The number of benzene rings is 2. The molecule has 1 fully saturated rings. The minimum absolute atomic E-state index is 0.0665. The molecule has 1 N–H and O–H groups in total. The third kappa shape index (κ3) is 4.13. The Labute approximate surface area is 153 Å². The van der Waals surface area contributed by atoms with Crippen molar-refractivity contribution in [2.75, 3.05) is 11.5 Å². The zero-order valence-corrected chi connectivity index (χ0v) is 15.9. The fourth-order valence-corrected chi connectivity index (χ4v) is 7.78. The molecule has 2 atom stereocenters. The van der Waals surface area contributed by atoms with Gasteiger partial charge in [0.25, 0.3) is 0 Å². The highest BCUT2D eigenvalue weighted by Crippen LogP contribution is 2.26. The van der Waals surface area contributed by atoms with Crippen LogP contribution in [0.25, 0.3) is 0 Å². The third-order valence-corrected chi connectivity index (χ3v) is 8.70. The Morgan fingerprint density at radius 3 is 2.27 bits per heavy atom. The maximum Gasteiger partial charge on any atom is 0.183 e. The van der Waals surface area contributed by atoms with Crippen LogP contribution in [0.4, 0.5) is 4.39 Å². The lowest BCUT2D eigenvalue weighted by Crippen LogP contribution is -2.43. The van der Waals surface area contributed by atoms with Gasteiger partial charge in [-0.3, -0.25) is 0 Å². The number of aryl methyl sites for hydroxylation is 1. The molecule has 1 heterocycles. The van der Waals surface area contributed by atoms with Crippen molar-refractivity contribution in [2.24, 2.45) is 0 Å². The fraction of sp³-hybridized carbons (Fsp3) is 0.333. The third-order valence-electron chi connectivity index (χ3n) is 4.53. The molecule has 0 unspecified atom stereocenters. The van der Waals surface area contributed by atoms with Crippen LogP contribution >= 0.6 is 0 Å². The topological polar surface area (TPSA) is 80.3 Å². The van der Waals surface area contributed by atoms with E-state index in [1.54, 1.807) is 0 Å². The van der Waals surface area contributed by atoms with Gasteiger partial charge in [0, 0.05) is 12.6 Å². The monoisotopic (exact) mass is 397 g/mol. The Morgan fingerprint density at radius 1 is 1.04 bits per heavy atom. The van der Waals surface area contributed by atoms with Crippen LogP contribution in [0.1, 0.15) is 11.1 Å². The molecule has 1 aliphatic heterocycles. The Balaban J connectivity index is 1.83. The van der Waals surface area contributed by atoms with E-state index in [0.29, 0.717) is 6.54 Å². The molecule has 1 aliphatic rings. The molecule has 3 rings (SSSR count). The Morgan fingerprint density at radius 2 is 1.65 bits per heavy atom. The quantitative estimate of drug-likeness (QED) is 0.779. The molecule has 0 spiro atoms. The van der Waals surface area contributed by atoms with E-state index in [4.69, 9.17) is 0 Å². The largest absolute Gasteiger partial charge is 0.308 e. The van der Waals surface area contributed by atoms with Gasteiger partial charge >= 0.3 is 0 Å². The van der Waals surface area contributed by atoms with Crippen LogP contribution in [0, 0.1) is 12.7 Å². The zero-order valence-electron chi connectivity index (χ0n) is 14.2. The molecule has 1 saturated heterocycles. The van der Waals surface area contributed by atoms with Gasteiger partial charge in [0.15, 0.2) is 19.7 Å². The van der Waals surface area contributed by atoms with E-state index in [0.717, 1.165) is 23.3 Å². The summed E-state index contributed by atoms with van der Waals surface area (Å²) in [5.41, 5.74) is 2.05. The number of sulfone groups is 2. The molecule has 0 amide bonds. The highest BCUT2D eigenvalue weighted by molar-refractivity contribution is 7.96. The summed E-state index contributed by atoms with van der Waals surface area (Å²) in [6.07, 6.45) is 0. The van der Waals surface area contributed by atoms with E-state index in [-0.39, 0.29) is 10.6 Å². The maximum absolute atomic E-state index is 13.1. The van der Waals surface area contributed by atoms with Gasteiger partial charge in [-0.2, -0.15) is 0 Å². The second kappa shape index (κ2) is 7.09. The van der Waals surface area contributed by atoms with Gasteiger partial charge in [-0.05, 0) is 36.8 Å². The number of halogens is 1. The highest BCUT2D eigenvalue weighted by atomic mass is 32.2. The first-order chi connectivity index (χ1) is 12.2. The Bertz CT molecular complexity index is 984. The second-order valence-corrected chi connectivity index (χ2v) is 10.9. The van der Waals surface area contributed by atoms with Gasteiger partial charge < -0.3 is 5.32 Å². The molecular formula is C18H20FNO4S2. The van der Waals surface area contributed by atoms with Crippen LogP contribution in [0.15, 0.2) is 53.4 Å². The van der Waals surface area contributed by atoms with Gasteiger partial charge in [0.05, 0.1) is 21.7 Å². The van der Waals surface area contributed by atoms with E-state index in [2.05, 4.69) is 5.32 Å². The average molecular weight is 397 g/mol. The number of hydrogen-bond donors (Lipinski definition) is 1. The summed E-state index contributed by atoms with van der Waals surface area (Å²) >= 11 is 0. The lowest BCUT2D eigenvalue weighted by atomic mass is 10.1. The molecular weight excluding hydrogens is 377 g/mol. The van der Waals surface area contributed by atoms with Crippen LogP contribution in [-0.2, 0) is 26.2 Å². The van der Waals surface area contributed by atoms with Gasteiger partial charge in [-0.25, -0.2) is 21.2 Å². The molecule has 5 nitrogen and oxygen atoms in total. The minimum atomic E-state index is -3.90. The van der Waals surface area contributed by atoms with Crippen molar-refractivity contribution in [3.05, 3.63) is 65.5 Å². The zero-order chi connectivity index (χ0) is 18.9.